The molecule has 11 heavy (non-hydrogen) atoms. The lowest BCUT2D eigenvalue weighted by molar-refractivity contribution is 0.0995. The summed E-state index contributed by atoms with van der Waals surface area (Å²) in [5.41, 5.74) is 1.03. The second-order valence-electron chi connectivity index (χ2n) is 2.34. The van der Waals surface area contributed by atoms with Crippen molar-refractivity contribution < 1.29 is 4.74 Å². The van der Waals surface area contributed by atoms with Crippen molar-refractivity contribution in [3.63, 3.8) is 0 Å². The minimum Gasteiger partial charge on any atom is -0.377 e. The van der Waals surface area contributed by atoms with Crippen LogP contribution in [0.2, 0.25) is 0 Å². The second kappa shape index (κ2) is 4.09. The fourth-order valence-corrected chi connectivity index (χ4v) is 1.03. The van der Waals surface area contributed by atoms with E-state index in [-0.39, 0.29) is 6.10 Å². The van der Waals surface area contributed by atoms with Gasteiger partial charge >= 0.3 is 0 Å². The highest BCUT2D eigenvalue weighted by atomic mass is 16.5. The summed E-state index contributed by atoms with van der Waals surface area (Å²) >= 11 is 0. The first-order valence-corrected chi connectivity index (χ1v) is 3.74. The van der Waals surface area contributed by atoms with Gasteiger partial charge in [-0.25, -0.2) is 0 Å². The van der Waals surface area contributed by atoms with E-state index in [4.69, 9.17) is 4.74 Å². The number of hydrogen-bond acceptors (Lipinski definition) is 2. The number of ether oxygens (including phenoxy) is 1. The van der Waals surface area contributed by atoms with Gasteiger partial charge in [0.15, 0.2) is 0 Å². The summed E-state index contributed by atoms with van der Waals surface area (Å²) in [4.78, 5) is 3.90. The van der Waals surface area contributed by atoms with Crippen LogP contribution in [-0.4, -0.2) is 12.1 Å². The highest BCUT2D eigenvalue weighted by Crippen LogP contribution is 2.17. The molecule has 0 amide bonds. The van der Waals surface area contributed by atoms with E-state index in [9.17, 15) is 0 Å². The van der Waals surface area contributed by atoms with E-state index >= 15 is 0 Å². The molecule has 0 aliphatic heterocycles. The monoisotopic (exact) mass is 150 g/mol. The summed E-state index contributed by atoms with van der Waals surface area (Å²) in [5, 5.41) is 0. The van der Waals surface area contributed by atoms with Crippen LogP contribution in [-0.2, 0) is 4.74 Å². The minimum atomic E-state index is 0.142. The molecule has 0 aromatic carbocycles. The van der Waals surface area contributed by atoms with E-state index in [1.165, 1.54) is 0 Å². The molecule has 1 unspecified atom stereocenters. The Balaban J connectivity index is 2.74. The average molecular weight is 150 g/mol. The lowest BCUT2D eigenvalue weighted by Gasteiger charge is -2.11. The molecular formula is C9H12NO. The molecule has 0 saturated carbocycles. The van der Waals surface area contributed by atoms with Crippen molar-refractivity contribution in [1.29, 1.82) is 0 Å². The van der Waals surface area contributed by atoms with Crippen LogP contribution in [0.4, 0.5) is 0 Å². The fourth-order valence-electron chi connectivity index (χ4n) is 1.03. The largest absolute Gasteiger partial charge is 0.377 e. The first-order valence-electron chi connectivity index (χ1n) is 3.74. The van der Waals surface area contributed by atoms with Gasteiger partial charge in [0.25, 0.3) is 0 Å². The van der Waals surface area contributed by atoms with E-state index in [0.717, 1.165) is 12.0 Å². The van der Waals surface area contributed by atoms with Crippen LogP contribution < -0.4 is 0 Å². The number of rotatable bonds is 3. The van der Waals surface area contributed by atoms with Gasteiger partial charge < -0.3 is 4.74 Å². The molecule has 0 N–H and O–H groups in total. The van der Waals surface area contributed by atoms with E-state index in [1.54, 1.807) is 13.3 Å². The maximum Gasteiger partial charge on any atom is 0.0947 e. The molecule has 0 bridgehead atoms. The van der Waals surface area contributed by atoms with Crippen molar-refractivity contribution in [1.82, 2.24) is 4.98 Å². The molecule has 0 aliphatic rings. The smallest absolute Gasteiger partial charge is 0.0947 e. The average Bonchev–Trinajstić information content (AvgIpc) is 2.09. The van der Waals surface area contributed by atoms with Crippen molar-refractivity contribution >= 4 is 0 Å². The van der Waals surface area contributed by atoms with Gasteiger partial charge in [-0.3, -0.25) is 4.98 Å². The normalized spacial score (nSPS) is 12.9. The quantitative estimate of drug-likeness (QED) is 0.657. The van der Waals surface area contributed by atoms with Gasteiger partial charge in [0.05, 0.1) is 12.3 Å². The Morgan fingerprint density at radius 1 is 1.73 bits per heavy atom. The van der Waals surface area contributed by atoms with Gasteiger partial charge in [-0.05, 0) is 12.5 Å². The Labute approximate surface area is 67.2 Å². The van der Waals surface area contributed by atoms with Crippen LogP contribution in [0, 0.1) is 6.20 Å². The van der Waals surface area contributed by atoms with Gasteiger partial charge in [-0.2, -0.15) is 0 Å². The SMILES string of the molecule is CCC(OC)c1[c]nccc1. The van der Waals surface area contributed by atoms with Crippen LogP contribution in [0.25, 0.3) is 0 Å². The van der Waals surface area contributed by atoms with Crippen LogP contribution >= 0.6 is 0 Å². The number of pyridine rings is 1. The van der Waals surface area contributed by atoms with Gasteiger partial charge in [-0.15, -0.1) is 0 Å². The molecule has 1 rings (SSSR count). The first kappa shape index (κ1) is 8.21. The molecule has 2 nitrogen and oxygen atoms in total. The zero-order chi connectivity index (χ0) is 8.10. The summed E-state index contributed by atoms with van der Waals surface area (Å²) in [6, 6.07) is 3.87. The van der Waals surface area contributed by atoms with Crippen LogP contribution in [0.1, 0.15) is 25.0 Å². The molecule has 1 aromatic heterocycles. The van der Waals surface area contributed by atoms with E-state index in [1.807, 2.05) is 12.1 Å². The Morgan fingerprint density at radius 3 is 3.00 bits per heavy atom. The standard InChI is InChI=1S/C9H12NO/c1-3-9(11-2)8-5-4-6-10-7-8/h4-6,9H,3H2,1-2H3. The third kappa shape index (κ3) is 2.02. The molecule has 1 radical (unpaired) electrons. The van der Waals surface area contributed by atoms with Crippen LogP contribution in [0.5, 0.6) is 0 Å². The minimum absolute atomic E-state index is 0.142. The highest BCUT2D eigenvalue weighted by Gasteiger charge is 2.06. The molecule has 1 atom stereocenters. The van der Waals surface area contributed by atoms with Crippen LogP contribution in [0.3, 0.4) is 0 Å². The predicted octanol–water partition coefficient (Wildman–Crippen LogP) is 1.98. The zero-order valence-corrected chi connectivity index (χ0v) is 6.87. The van der Waals surface area contributed by atoms with E-state index in [2.05, 4.69) is 18.1 Å². The number of nitrogens with zero attached hydrogens (tertiary/aromatic N) is 1. The van der Waals surface area contributed by atoms with Gasteiger partial charge in [0.1, 0.15) is 0 Å². The van der Waals surface area contributed by atoms with Crippen molar-refractivity contribution in [2.45, 2.75) is 19.4 Å². The second-order valence-corrected chi connectivity index (χ2v) is 2.34. The van der Waals surface area contributed by atoms with E-state index in [0.29, 0.717) is 0 Å². The summed E-state index contributed by atoms with van der Waals surface area (Å²) in [5.74, 6) is 0. The third-order valence-electron chi connectivity index (χ3n) is 1.63. The molecule has 2 heteroatoms. The topological polar surface area (TPSA) is 22.1 Å². The molecule has 0 aliphatic carbocycles. The third-order valence-corrected chi connectivity index (χ3v) is 1.63. The van der Waals surface area contributed by atoms with Crippen LogP contribution in [0.15, 0.2) is 18.3 Å². The summed E-state index contributed by atoms with van der Waals surface area (Å²) in [6.45, 7) is 2.08. The maximum atomic E-state index is 5.21. The molecule has 1 aromatic rings. The predicted molar refractivity (Wildman–Crippen MR) is 43.1 cm³/mol. The summed E-state index contributed by atoms with van der Waals surface area (Å²) < 4.78 is 5.21. The lowest BCUT2D eigenvalue weighted by Crippen LogP contribution is -1.99. The number of hydrogen-bond donors (Lipinski definition) is 0. The maximum absolute atomic E-state index is 5.21. The molecule has 0 spiro atoms. The molecule has 0 fully saturated rings. The lowest BCUT2D eigenvalue weighted by atomic mass is 10.1. The van der Waals surface area contributed by atoms with Crippen molar-refractivity contribution in [2.75, 3.05) is 7.11 Å². The Hall–Kier alpha value is -0.890. The molecule has 1 heterocycles. The molecular weight excluding hydrogens is 138 g/mol. The first-order chi connectivity index (χ1) is 5.38. The van der Waals surface area contributed by atoms with Crippen molar-refractivity contribution in [2.24, 2.45) is 0 Å². The van der Waals surface area contributed by atoms with Gasteiger partial charge in [-0.1, -0.05) is 13.0 Å². The molecule has 0 saturated heterocycles. The van der Waals surface area contributed by atoms with Gasteiger partial charge in [0.2, 0.25) is 0 Å². The van der Waals surface area contributed by atoms with Gasteiger partial charge in [0, 0.05) is 18.9 Å². The summed E-state index contributed by atoms with van der Waals surface area (Å²) in [7, 11) is 1.70. The Kier molecular flexibility index (Phi) is 3.05. The number of aromatic nitrogens is 1. The summed E-state index contributed by atoms with van der Waals surface area (Å²) in [6.07, 6.45) is 5.71. The highest BCUT2D eigenvalue weighted by molar-refractivity contribution is 5.10. The van der Waals surface area contributed by atoms with E-state index < -0.39 is 0 Å². The van der Waals surface area contributed by atoms with Crippen molar-refractivity contribution in [3.05, 3.63) is 30.1 Å². The fraction of sp³-hybridized carbons (Fsp3) is 0.444. The Morgan fingerprint density at radius 2 is 2.55 bits per heavy atom. The Bertz CT molecular complexity index is 194. The van der Waals surface area contributed by atoms with Crippen molar-refractivity contribution in [3.8, 4) is 0 Å². The number of methoxy groups -OCH3 is 1. The zero-order valence-electron chi connectivity index (χ0n) is 6.87. The molecule has 59 valence electrons.